The van der Waals surface area contributed by atoms with Crippen LogP contribution in [-0.2, 0) is 17.6 Å². The molecule has 0 aliphatic heterocycles. The molecular weight excluding hydrogens is 413 g/mol. The minimum atomic E-state index is -1.66. The summed E-state index contributed by atoms with van der Waals surface area (Å²) >= 11 is 0. The summed E-state index contributed by atoms with van der Waals surface area (Å²) in [6.07, 6.45) is 1.99. The Morgan fingerprint density at radius 1 is 0.848 bits per heavy atom. The average Bonchev–Trinajstić information content (AvgIpc) is 2.85. The molecule has 1 amide bonds. The van der Waals surface area contributed by atoms with Gasteiger partial charge in [0.05, 0.1) is 5.94 Å². The second kappa shape index (κ2) is 12.1. The molecule has 3 aromatic rings. The van der Waals surface area contributed by atoms with Crippen molar-refractivity contribution >= 4 is 18.8 Å². The molecule has 33 heavy (non-hydrogen) atoms. The van der Waals surface area contributed by atoms with Crippen molar-refractivity contribution in [3.05, 3.63) is 95.6 Å². The number of amides is 1. The highest BCUT2D eigenvalue weighted by Gasteiger charge is 2.25. The van der Waals surface area contributed by atoms with E-state index in [9.17, 15) is 19.6 Å². The average molecular weight is 443 g/mol. The molecule has 0 aromatic heterocycles. The van der Waals surface area contributed by atoms with E-state index in [1.165, 1.54) is 5.56 Å². The van der Waals surface area contributed by atoms with Crippen molar-refractivity contribution in [2.45, 2.75) is 45.0 Å². The van der Waals surface area contributed by atoms with Gasteiger partial charge in [0.2, 0.25) is 5.91 Å². The third-order valence-electron chi connectivity index (χ3n) is 5.74. The molecular formula is C27H30BNO4. The second-order valence-electron chi connectivity index (χ2n) is 8.17. The summed E-state index contributed by atoms with van der Waals surface area (Å²) in [5.41, 5.74) is 4.95. The van der Waals surface area contributed by atoms with E-state index in [1.807, 2.05) is 54.6 Å². The molecule has 0 aliphatic rings. The topological polar surface area (TPSA) is 86.6 Å². The highest BCUT2D eigenvalue weighted by molar-refractivity contribution is 6.43. The number of benzene rings is 3. The molecule has 6 heteroatoms. The number of ketones is 1. The van der Waals surface area contributed by atoms with Crippen LogP contribution in [0.2, 0.25) is 0 Å². The van der Waals surface area contributed by atoms with E-state index in [-0.39, 0.29) is 24.5 Å². The zero-order valence-corrected chi connectivity index (χ0v) is 18.9. The summed E-state index contributed by atoms with van der Waals surface area (Å²) < 4.78 is 0. The molecule has 0 heterocycles. The summed E-state index contributed by atoms with van der Waals surface area (Å²) in [5, 5.41) is 22.0. The lowest BCUT2D eigenvalue weighted by Gasteiger charge is -2.18. The van der Waals surface area contributed by atoms with Crippen molar-refractivity contribution in [3.63, 3.8) is 0 Å². The van der Waals surface area contributed by atoms with Crippen LogP contribution >= 0.6 is 0 Å². The summed E-state index contributed by atoms with van der Waals surface area (Å²) in [4.78, 5) is 24.9. The molecule has 3 aromatic carbocycles. The van der Waals surface area contributed by atoms with Crippen molar-refractivity contribution in [3.8, 4) is 11.1 Å². The predicted octanol–water partition coefficient (Wildman–Crippen LogP) is 4.01. The number of Topliss-reactive ketones (excluding diaryl/α,β-unsaturated/α-hetero) is 1. The lowest BCUT2D eigenvalue weighted by atomic mass is 9.76. The summed E-state index contributed by atoms with van der Waals surface area (Å²) in [7, 11) is -1.66. The number of hydrogen-bond acceptors (Lipinski definition) is 4. The molecule has 5 nitrogen and oxygen atoms in total. The summed E-state index contributed by atoms with van der Waals surface area (Å²) in [5.74, 6) is -1.28. The molecule has 1 atom stereocenters. The highest BCUT2D eigenvalue weighted by atomic mass is 16.4. The Morgan fingerprint density at radius 2 is 1.52 bits per heavy atom. The smallest absolute Gasteiger partial charge is 0.426 e. The standard InChI is InChI=1S/C27H30BNO4/c1-2-20-7-6-8-21(19-20)11-17-26(28(32)33)29-27(31)18-16-25(30)24-14-12-23(13-15-24)22-9-4-3-5-10-22/h3-10,12-15,19,26,32-33H,2,11,16-18H2,1H3,(H,29,31)/t26-/m0/s1. The predicted molar refractivity (Wildman–Crippen MR) is 132 cm³/mol. The zero-order chi connectivity index (χ0) is 23.6. The van der Waals surface area contributed by atoms with E-state index < -0.39 is 13.1 Å². The van der Waals surface area contributed by atoms with Crippen molar-refractivity contribution in [2.24, 2.45) is 0 Å². The summed E-state index contributed by atoms with van der Waals surface area (Å²) in [6, 6.07) is 25.3. The van der Waals surface area contributed by atoms with Gasteiger partial charge >= 0.3 is 7.12 Å². The Kier molecular flexibility index (Phi) is 8.99. The first-order chi connectivity index (χ1) is 16.0. The Morgan fingerprint density at radius 3 is 2.18 bits per heavy atom. The molecule has 170 valence electrons. The fourth-order valence-corrected chi connectivity index (χ4v) is 3.75. The molecule has 0 radical (unpaired) electrons. The van der Waals surface area contributed by atoms with Gasteiger partial charge in [-0.1, -0.05) is 85.8 Å². The molecule has 3 rings (SSSR count). The van der Waals surface area contributed by atoms with Gasteiger partial charge in [-0.05, 0) is 41.5 Å². The molecule has 3 N–H and O–H groups in total. The largest absolute Gasteiger partial charge is 0.475 e. The van der Waals surface area contributed by atoms with Crippen LogP contribution in [0.5, 0.6) is 0 Å². The van der Waals surface area contributed by atoms with Crippen LogP contribution in [0.25, 0.3) is 11.1 Å². The van der Waals surface area contributed by atoms with Crippen LogP contribution in [0, 0.1) is 0 Å². The molecule has 0 unspecified atom stereocenters. The number of carbonyl (C=O) groups is 2. The molecule has 0 saturated heterocycles. The van der Waals surface area contributed by atoms with Crippen molar-refractivity contribution < 1.29 is 19.6 Å². The van der Waals surface area contributed by atoms with Gasteiger partial charge in [-0.3, -0.25) is 9.59 Å². The fourth-order valence-electron chi connectivity index (χ4n) is 3.75. The third-order valence-corrected chi connectivity index (χ3v) is 5.74. The van der Waals surface area contributed by atoms with Gasteiger partial charge in [-0.25, -0.2) is 0 Å². The van der Waals surface area contributed by atoms with Gasteiger partial charge in [0, 0.05) is 18.4 Å². The number of nitrogens with one attached hydrogen (secondary N) is 1. The van der Waals surface area contributed by atoms with Gasteiger partial charge in [-0.15, -0.1) is 0 Å². The monoisotopic (exact) mass is 443 g/mol. The molecule has 0 bridgehead atoms. The molecule has 0 aliphatic carbocycles. The quantitative estimate of drug-likeness (QED) is 0.309. The first kappa shape index (κ1) is 24.4. The van der Waals surface area contributed by atoms with E-state index in [1.54, 1.807) is 12.1 Å². The summed E-state index contributed by atoms with van der Waals surface area (Å²) in [6.45, 7) is 2.08. The van der Waals surface area contributed by atoms with Crippen LogP contribution in [0.15, 0.2) is 78.9 Å². The van der Waals surface area contributed by atoms with Crippen molar-refractivity contribution in [2.75, 3.05) is 0 Å². The number of carbonyl (C=O) groups excluding carboxylic acids is 2. The number of rotatable bonds is 11. The van der Waals surface area contributed by atoms with E-state index in [2.05, 4.69) is 24.4 Å². The van der Waals surface area contributed by atoms with Crippen molar-refractivity contribution in [1.29, 1.82) is 0 Å². The van der Waals surface area contributed by atoms with Gasteiger partial charge in [0.15, 0.2) is 5.78 Å². The Hall–Kier alpha value is -3.22. The van der Waals surface area contributed by atoms with Crippen LogP contribution in [0.3, 0.4) is 0 Å². The van der Waals surface area contributed by atoms with E-state index in [4.69, 9.17) is 0 Å². The minimum Gasteiger partial charge on any atom is -0.426 e. The van der Waals surface area contributed by atoms with Crippen LogP contribution < -0.4 is 5.32 Å². The lowest BCUT2D eigenvalue weighted by Crippen LogP contribution is -2.46. The van der Waals surface area contributed by atoms with Crippen molar-refractivity contribution in [1.82, 2.24) is 5.32 Å². The Balaban J connectivity index is 1.49. The minimum absolute atomic E-state index is 0.00614. The maximum atomic E-state index is 12.5. The van der Waals surface area contributed by atoms with Gasteiger partial charge in [0.1, 0.15) is 0 Å². The van der Waals surface area contributed by atoms with Gasteiger partial charge < -0.3 is 15.4 Å². The molecule has 0 fully saturated rings. The van der Waals surface area contributed by atoms with Crippen LogP contribution in [0.1, 0.15) is 47.7 Å². The Labute approximate surface area is 195 Å². The van der Waals surface area contributed by atoms with E-state index in [0.29, 0.717) is 18.4 Å². The second-order valence-corrected chi connectivity index (χ2v) is 8.17. The number of hydrogen-bond donors (Lipinski definition) is 3. The maximum absolute atomic E-state index is 12.5. The molecule has 0 saturated carbocycles. The normalized spacial score (nSPS) is 11.6. The first-order valence-corrected chi connectivity index (χ1v) is 11.4. The first-order valence-electron chi connectivity index (χ1n) is 11.4. The van der Waals surface area contributed by atoms with Crippen LogP contribution in [-0.4, -0.2) is 34.8 Å². The lowest BCUT2D eigenvalue weighted by molar-refractivity contribution is -0.121. The number of aryl methyl sites for hydroxylation is 2. The zero-order valence-electron chi connectivity index (χ0n) is 18.9. The molecule has 0 spiro atoms. The fraction of sp³-hybridized carbons (Fsp3) is 0.259. The van der Waals surface area contributed by atoms with E-state index >= 15 is 0 Å². The van der Waals surface area contributed by atoms with Gasteiger partial charge in [0.25, 0.3) is 0 Å². The third kappa shape index (κ3) is 7.41. The maximum Gasteiger partial charge on any atom is 0.475 e. The van der Waals surface area contributed by atoms with E-state index in [0.717, 1.165) is 23.1 Å². The highest BCUT2D eigenvalue weighted by Crippen LogP contribution is 2.20. The van der Waals surface area contributed by atoms with Gasteiger partial charge in [-0.2, -0.15) is 0 Å². The van der Waals surface area contributed by atoms with Crippen LogP contribution in [0.4, 0.5) is 0 Å². The Bertz CT molecular complexity index is 1050. The SMILES string of the molecule is CCc1cccc(CC[C@H](NC(=O)CCC(=O)c2ccc(-c3ccccc3)cc2)B(O)O)c1.